The van der Waals surface area contributed by atoms with Crippen LogP contribution in [0, 0.1) is 0 Å². The Hall–Kier alpha value is -0.560. The SMILES string of the molecule is C.CCCCC1=CCCC=C1.O. The van der Waals surface area contributed by atoms with Crippen LogP contribution in [-0.4, -0.2) is 5.48 Å². The van der Waals surface area contributed by atoms with E-state index in [0.717, 1.165) is 0 Å². The molecule has 12 heavy (non-hydrogen) atoms. The van der Waals surface area contributed by atoms with Crippen LogP contribution in [0.1, 0.15) is 46.5 Å². The van der Waals surface area contributed by atoms with Crippen molar-refractivity contribution in [1.82, 2.24) is 0 Å². The maximum absolute atomic E-state index is 2.37. The van der Waals surface area contributed by atoms with E-state index in [9.17, 15) is 0 Å². The Bertz CT molecular complexity index is 145. The van der Waals surface area contributed by atoms with Crippen LogP contribution in [0.2, 0.25) is 0 Å². The van der Waals surface area contributed by atoms with Crippen LogP contribution in [0.4, 0.5) is 0 Å². The number of rotatable bonds is 3. The van der Waals surface area contributed by atoms with Crippen molar-refractivity contribution in [3.05, 3.63) is 23.8 Å². The summed E-state index contributed by atoms with van der Waals surface area (Å²) in [5, 5.41) is 0. The molecule has 0 aromatic rings. The van der Waals surface area contributed by atoms with Gasteiger partial charge >= 0.3 is 0 Å². The first-order valence-electron chi connectivity index (χ1n) is 4.29. The average Bonchev–Trinajstić information content (AvgIpc) is 2.03. The van der Waals surface area contributed by atoms with Gasteiger partial charge in [-0.1, -0.05) is 44.6 Å². The predicted octanol–water partition coefficient (Wildman–Crippen LogP) is 3.26. The van der Waals surface area contributed by atoms with Crippen LogP contribution in [0.15, 0.2) is 23.8 Å². The Morgan fingerprint density at radius 3 is 2.58 bits per heavy atom. The lowest BCUT2D eigenvalue weighted by molar-refractivity contribution is 0.789. The normalized spacial score (nSPS) is 14.2. The standard InChI is InChI=1S/C10H16.CH4.H2O/c1-2-3-7-10-8-5-4-6-9-10;;/h5,8-9H,2-4,6-7H2,1H3;1H4;1H2. The number of unbranched alkanes of at least 4 members (excludes halogenated alkanes) is 1. The van der Waals surface area contributed by atoms with E-state index >= 15 is 0 Å². The largest absolute Gasteiger partial charge is 0.412 e. The zero-order valence-corrected chi connectivity index (χ0v) is 7.27. The Balaban J connectivity index is 0. The molecule has 0 heterocycles. The zero-order chi connectivity index (χ0) is 7.23. The summed E-state index contributed by atoms with van der Waals surface area (Å²) in [6.07, 6.45) is 13.4. The fourth-order valence-corrected chi connectivity index (χ4v) is 1.23. The summed E-state index contributed by atoms with van der Waals surface area (Å²) >= 11 is 0. The van der Waals surface area contributed by atoms with E-state index in [-0.39, 0.29) is 12.9 Å². The maximum atomic E-state index is 2.37. The minimum atomic E-state index is 0. The van der Waals surface area contributed by atoms with E-state index in [0.29, 0.717) is 0 Å². The topological polar surface area (TPSA) is 31.5 Å². The quantitative estimate of drug-likeness (QED) is 0.622. The monoisotopic (exact) mass is 170 g/mol. The summed E-state index contributed by atoms with van der Waals surface area (Å²) in [5.41, 5.74) is 1.55. The third-order valence-electron chi connectivity index (χ3n) is 1.89. The van der Waals surface area contributed by atoms with Gasteiger partial charge in [-0.25, -0.2) is 0 Å². The summed E-state index contributed by atoms with van der Waals surface area (Å²) < 4.78 is 0. The van der Waals surface area contributed by atoms with Crippen molar-refractivity contribution in [3.63, 3.8) is 0 Å². The van der Waals surface area contributed by atoms with E-state index in [1.54, 1.807) is 5.57 Å². The minimum Gasteiger partial charge on any atom is -0.412 e. The lowest BCUT2D eigenvalue weighted by atomic mass is 10.0. The van der Waals surface area contributed by atoms with Crippen molar-refractivity contribution in [1.29, 1.82) is 0 Å². The Kier molecular flexibility index (Phi) is 9.95. The van der Waals surface area contributed by atoms with Crippen LogP contribution >= 0.6 is 0 Å². The Morgan fingerprint density at radius 1 is 1.33 bits per heavy atom. The van der Waals surface area contributed by atoms with Crippen LogP contribution in [0.5, 0.6) is 0 Å². The van der Waals surface area contributed by atoms with Gasteiger partial charge in [-0.15, -0.1) is 0 Å². The molecule has 1 aliphatic rings. The molecule has 0 radical (unpaired) electrons. The highest BCUT2D eigenvalue weighted by Gasteiger charge is 1.94. The van der Waals surface area contributed by atoms with E-state index in [1.807, 2.05) is 0 Å². The highest BCUT2D eigenvalue weighted by atomic mass is 16.0. The van der Waals surface area contributed by atoms with Crippen molar-refractivity contribution < 1.29 is 5.48 Å². The lowest BCUT2D eigenvalue weighted by Gasteiger charge is -2.04. The molecule has 0 spiro atoms. The third kappa shape index (κ3) is 5.14. The predicted molar refractivity (Wildman–Crippen MR) is 56.3 cm³/mol. The van der Waals surface area contributed by atoms with Crippen LogP contribution < -0.4 is 0 Å². The van der Waals surface area contributed by atoms with Gasteiger partial charge in [-0.05, 0) is 25.7 Å². The minimum absolute atomic E-state index is 0. The van der Waals surface area contributed by atoms with Crippen molar-refractivity contribution in [2.45, 2.75) is 46.5 Å². The third-order valence-corrected chi connectivity index (χ3v) is 1.89. The van der Waals surface area contributed by atoms with Crippen molar-refractivity contribution >= 4 is 0 Å². The van der Waals surface area contributed by atoms with Gasteiger partial charge in [0.25, 0.3) is 0 Å². The van der Waals surface area contributed by atoms with Gasteiger partial charge in [0, 0.05) is 0 Å². The van der Waals surface area contributed by atoms with E-state index in [1.165, 1.54) is 32.1 Å². The Morgan fingerprint density at radius 2 is 2.08 bits per heavy atom. The molecular formula is C11H22O. The molecule has 72 valence electrons. The fraction of sp³-hybridized carbons (Fsp3) is 0.636. The number of hydrogen-bond donors (Lipinski definition) is 0. The molecular weight excluding hydrogens is 148 g/mol. The molecule has 1 nitrogen and oxygen atoms in total. The molecule has 1 heteroatoms. The molecule has 2 N–H and O–H groups in total. The molecule has 0 amide bonds. The smallest absolute Gasteiger partial charge is 0.0282 e. The molecule has 0 aromatic carbocycles. The molecule has 0 aromatic heterocycles. The van der Waals surface area contributed by atoms with Gasteiger partial charge < -0.3 is 5.48 Å². The van der Waals surface area contributed by atoms with E-state index < -0.39 is 0 Å². The number of hydrogen-bond acceptors (Lipinski definition) is 0. The van der Waals surface area contributed by atoms with Gasteiger partial charge in [0.05, 0.1) is 0 Å². The maximum Gasteiger partial charge on any atom is -0.0282 e. The highest BCUT2D eigenvalue weighted by Crippen LogP contribution is 2.15. The van der Waals surface area contributed by atoms with Gasteiger partial charge in [0.1, 0.15) is 0 Å². The molecule has 0 bridgehead atoms. The van der Waals surface area contributed by atoms with Crippen LogP contribution in [0.25, 0.3) is 0 Å². The number of allylic oxidation sites excluding steroid dienone is 4. The fourth-order valence-electron chi connectivity index (χ4n) is 1.23. The molecule has 0 saturated heterocycles. The molecule has 1 aliphatic carbocycles. The first-order valence-corrected chi connectivity index (χ1v) is 4.29. The molecule has 0 aliphatic heterocycles. The summed E-state index contributed by atoms with van der Waals surface area (Å²) in [5.74, 6) is 0. The summed E-state index contributed by atoms with van der Waals surface area (Å²) in [4.78, 5) is 0. The van der Waals surface area contributed by atoms with Crippen molar-refractivity contribution in [2.75, 3.05) is 0 Å². The molecule has 1 rings (SSSR count). The van der Waals surface area contributed by atoms with Crippen molar-refractivity contribution in [3.8, 4) is 0 Å². The van der Waals surface area contributed by atoms with Gasteiger partial charge in [0.2, 0.25) is 0 Å². The molecule has 0 saturated carbocycles. The molecule has 0 atom stereocenters. The second kappa shape index (κ2) is 8.54. The van der Waals surface area contributed by atoms with Crippen LogP contribution in [0.3, 0.4) is 0 Å². The first kappa shape index (κ1) is 14.0. The van der Waals surface area contributed by atoms with Crippen molar-refractivity contribution in [2.24, 2.45) is 0 Å². The second-order valence-corrected chi connectivity index (χ2v) is 2.86. The van der Waals surface area contributed by atoms with Crippen LogP contribution in [-0.2, 0) is 0 Å². The zero-order valence-electron chi connectivity index (χ0n) is 7.27. The first-order chi connectivity index (χ1) is 4.93. The summed E-state index contributed by atoms with van der Waals surface area (Å²) in [6, 6.07) is 0. The van der Waals surface area contributed by atoms with E-state index in [4.69, 9.17) is 0 Å². The molecule has 0 unspecified atom stereocenters. The van der Waals surface area contributed by atoms with Gasteiger partial charge in [-0.2, -0.15) is 0 Å². The average molecular weight is 170 g/mol. The van der Waals surface area contributed by atoms with Gasteiger partial charge in [0.15, 0.2) is 0 Å². The summed E-state index contributed by atoms with van der Waals surface area (Å²) in [6.45, 7) is 2.24. The Labute approximate surface area is 76.5 Å². The lowest BCUT2D eigenvalue weighted by Crippen LogP contribution is -1.84. The highest BCUT2D eigenvalue weighted by molar-refractivity contribution is 5.21. The van der Waals surface area contributed by atoms with Gasteiger partial charge in [-0.3, -0.25) is 0 Å². The molecule has 0 fully saturated rings. The van der Waals surface area contributed by atoms with E-state index in [2.05, 4.69) is 25.2 Å². The summed E-state index contributed by atoms with van der Waals surface area (Å²) in [7, 11) is 0. The second-order valence-electron chi connectivity index (χ2n) is 2.86.